The Morgan fingerprint density at radius 1 is 0.949 bits per heavy atom. The number of benzene rings is 3. The Morgan fingerprint density at radius 3 is 2.33 bits per heavy atom. The molecule has 2 N–H and O–H groups in total. The smallest absolute Gasteiger partial charge is 0.344 e. The molecule has 1 aliphatic carbocycles. The molecule has 0 spiro atoms. The minimum absolute atomic E-state index is 0.0330. The Hall–Kier alpha value is -4.06. The molecular weight excluding hydrogens is 488 g/mol. The summed E-state index contributed by atoms with van der Waals surface area (Å²) in [6.45, 7) is 9.89. The van der Waals surface area contributed by atoms with Crippen LogP contribution in [-0.2, 0) is 4.79 Å². The van der Waals surface area contributed by atoms with Gasteiger partial charge in [-0.2, -0.15) is 0 Å². The maximum absolute atomic E-state index is 13.2. The van der Waals surface area contributed by atoms with Gasteiger partial charge in [-0.1, -0.05) is 36.4 Å². The molecule has 6 heteroatoms. The molecule has 0 bridgehead atoms. The molecule has 1 unspecified atom stereocenters. The lowest BCUT2D eigenvalue weighted by atomic mass is 10.0. The van der Waals surface area contributed by atoms with Gasteiger partial charge < -0.3 is 19.7 Å². The predicted molar refractivity (Wildman–Crippen MR) is 154 cm³/mol. The first kappa shape index (κ1) is 26.5. The molecule has 5 rings (SSSR count). The van der Waals surface area contributed by atoms with Gasteiger partial charge in [-0.25, -0.2) is 4.79 Å². The average Bonchev–Trinajstić information content (AvgIpc) is 3.75. The van der Waals surface area contributed by atoms with E-state index in [-0.39, 0.29) is 18.0 Å². The van der Waals surface area contributed by atoms with Crippen molar-refractivity contribution in [2.45, 2.75) is 71.6 Å². The van der Waals surface area contributed by atoms with Crippen LogP contribution in [0.25, 0.3) is 10.9 Å². The van der Waals surface area contributed by atoms with Gasteiger partial charge >= 0.3 is 5.97 Å². The highest BCUT2D eigenvalue weighted by Crippen LogP contribution is 2.40. The minimum atomic E-state index is -0.998. The van der Waals surface area contributed by atoms with Crippen molar-refractivity contribution in [3.8, 4) is 5.75 Å². The van der Waals surface area contributed by atoms with Crippen LogP contribution in [0.5, 0.6) is 5.75 Å². The largest absolute Gasteiger partial charge is 0.479 e. The van der Waals surface area contributed by atoms with E-state index in [2.05, 4.69) is 54.9 Å². The quantitative estimate of drug-likeness (QED) is 0.245. The maximum atomic E-state index is 13.2. The van der Waals surface area contributed by atoms with Crippen molar-refractivity contribution in [3.05, 3.63) is 100 Å². The third-order valence-electron chi connectivity index (χ3n) is 8.04. The molecule has 1 amide bonds. The lowest BCUT2D eigenvalue weighted by Gasteiger charge is -2.19. The molecule has 1 aromatic heterocycles. The number of hydrogen-bond donors (Lipinski definition) is 2. The van der Waals surface area contributed by atoms with Gasteiger partial charge in [0.15, 0.2) is 6.10 Å². The van der Waals surface area contributed by atoms with Crippen molar-refractivity contribution in [2.24, 2.45) is 0 Å². The van der Waals surface area contributed by atoms with E-state index < -0.39 is 12.1 Å². The van der Waals surface area contributed by atoms with E-state index in [1.165, 1.54) is 25.3 Å². The van der Waals surface area contributed by atoms with E-state index in [0.29, 0.717) is 17.2 Å². The molecule has 6 nitrogen and oxygen atoms in total. The predicted octanol–water partition coefficient (Wildman–Crippen LogP) is 7.09. The van der Waals surface area contributed by atoms with Crippen molar-refractivity contribution in [1.29, 1.82) is 0 Å². The Balaban J connectivity index is 1.36. The highest BCUT2D eigenvalue weighted by atomic mass is 16.5. The Bertz CT molecular complexity index is 1530. The lowest BCUT2D eigenvalue weighted by Crippen LogP contribution is -2.26. The number of ether oxygens (including phenoxy) is 1. The number of carboxylic acids is 1. The molecule has 1 aliphatic rings. The molecule has 202 valence electrons. The topological polar surface area (TPSA) is 80.6 Å². The standard InChI is InChI=1S/C33H36N2O4/c1-19-21(3)35(22(4)24-11-14-29(15-12-24)39-23(5)33(37)38)31-16-13-28(18-30(19)31)32(36)34-20(2)26-7-6-8-27(17-26)25-9-10-25/h6-8,11-18,20,22-23,25H,9-10H2,1-5H3,(H,34,36)(H,37,38)/t20-,22?,23-/m0/s1. The molecule has 1 saturated carbocycles. The number of nitrogens with one attached hydrogen (secondary N) is 1. The fraction of sp³-hybridized carbons (Fsp3) is 0.333. The second-order valence-electron chi connectivity index (χ2n) is 10.8. The molecule has 4 aromatic rings. The van der Waals surface area contributed by atoms with Crippen LogP contribution in [0, 0.1) is 13.8 Å². The molecule has 1 heterocycles. The number of amides is 1. The first-order valence-corrected chi connectivity index (χ1v) is 13.6. The number of fused-ring (bicyclic) bond motifs is 1. The highest BCUT2D eigenvalue weighted by molar-refractivity contribution is 5.99. The monoisotopic (exact) mass is 524 g/mol. The van der Waals surface area contributed by atoms with Gasteiger partial charge in [-0.3, -0.25) is 4.79 Å². The first-order chi connectivity index (χ1) is 18.6. The fourth-order valence-electron chi connectivity index (χ4n) is 5.33. The minimum Gasteiger partial charge on any atom is -0.479 e. The van der Waals surface area contributed by atoms with Gasteiger partial charge in [0.2, 0.25) is 0 Å². The number of carbonyl (C=O) groups is 2. The zero-order valence-electron chi connectivity index (χ0n) is 23.2. The number of carbonyl (C=O) groups excluding carboxylic acids is 1. The van der Waals surface area contributed by atoms with E-state index >= 15 is 0 Å². The third-order valence-corrected chi connectivity index (χ3v) is 8.04. The Kier molecular flexibility index (Phi) is 7.21. The second kappa shape index (κ2) is 10.6. The Morgan fingerprint density at radius 2 is 1.67 bits per heavy atom. The SMILES string of the molecule is Cc1c(C)n(C(C)c2ccc(O[C@@H](C)C(=O)O)cc2)c2ccc(C(=O)N[C@@H](C)c3cccc(C4CC4)c3)cc12. The number of aromatic nitrogens is 1. The van der Waals surface area contributed by atoms with E-state index in [9.17, 15) is 9.59 Å². The summed E-state index contributed by atoms with van der Waals surface area (Å²) in [5, 5.41) is 13.3. The molecule has 3 aromatic carbocycles. The number of carboxylic acid groups (broad SMARTS) is 1. The van der Waals surface area contributed by atoms with Gasteiger partial charge in [0.25, 0.3) is 5.91 Å². The molecule has 0 radical (unpaired) electrons. The Labute approximate surface area is 229 Å². The zero-order chi connectivity index (χ0) is 27.8. The normalized spacial score (nSPS) is 15.5. The molecular formula is C33H36N2O4. The summed E-state index contributed by atoms with van der Waals surface area (Å²) in [6.07, 6.45) is 1.61. The zero-order valence-corrected chi connectivity index (χ0v) is 23.2. The van der Waals surface area contributed by atoms with Crippen LogP contribution in [0.3, 0.4) is 0 Å². The van der Waals surface area contributed by atoms with Crippen LogP contribution >= 0.6 is 0 Å². The summed E-state index contributed by atoms with van der Waals surface area (Å²) in [5.41, 5.74) is 7.58. The fourth-order valence-corrected chi connectivity index (χ4v) is 5.33. The number of aryl methyl sites for hydroxylation is 1. The summed E-state index contributed by atoms with van der Waals surface area (Å²) in [5.74, 6) is 0.128. The van der Waals surface area contributed by atoms with Crippen LogP contribution in [0.4, 0.5) is 0 Å². The molecule has 0 saturated heterocycles. The van der Waals surface area contributed by atoms with Crippen molar-refractivity contribution >= 4 is 22.8 Å². The van der Waals surface area contributed by atoms with Crippen LogP contribution in [0.15, 0.2) is 66.7 Å². The summed E-state index contributed by atoms with van der Waals surface area (Å²) in [7, 11) is 0. The maximum Gasteiger partial charge on any atom is 0.344 e. The van der Waals surface area contributed by atoms with Crippen LogP contribution < -0.4 is 10.1 Å². The van der Waals surface area contributed by atoms with Crippen LogP contribution in [0.1, 0.15) is 89.9 Å². The van der Waals surface area contributed by atoms with Gasteiger partial charge in [0, 0.05) is 22.2 Å². The van der Waals surface area contributed by atoms with E-state index in [4.69, 9.17) is 9.84 Å². The van der Waals surface area contributed by atoms with Gasteiger partial charge in [0.05, 0.1) is 12.1 Å². The van der Waals surface area contributed by atoms with Gasteiger partial charge in [0.1, 0.15) is 5.75 Å². The van der Waals surface area contributed by atoms with Gasteiger partial charge in [-0.05, 0) is 106 Å². The summed E-state index contributed by atoms with van der Waals surface area (Å²) >= 11 is 0. The van der Waals surface area contributed by atoms with E-state index in [1.807, 2.05) is 49.4 Å². The van der Waals surface area contributed by atoms with E-state index in [0.717, 1.165) is 33.3 Å². The number of hydrogen-bond acceptors (Lipinski definition) is 3. The van der Waals surface area contributed by atoms with Crippen molar-refractivity contribution in [3.63, 3.8) is 0 Å². The highest BCUT2D eigenvalue weighted by Gasteiger charge is 2.24. The third kappa shape index (κ3) is 5.42. The number of nitrogens with zero attached hydrogens (tertiary/aromatic N) is 1. The average molecular weight is 525 g/mol. The summed E-state index contributed by atoms with van der Waals surface area (Å²) in [6, 6.07) is 22.0. The summed E-state index contributed by atoms with van der Waals surface area (Å²) < 4.78 is 7.77. The van der Waals surface area contributed by atoms with Crippen LogP contribution in [-0.4, -0.2) is 27.7 Å². The lowest BCUT2D eigenvalue weighted by molar-refractivity contribution is -0.144. The molecule has 0 aliphatic heterocycles. The molecule has 3 atom stereocenters. The first-order valence-electron chi connectivity index (χ1n) is 13.6. The molecule has 1 fully saturated rings. The molecule has 39 heavy (non-hydrogen) atoms. The van der Waals surface area contributed by atoms with Crippen LogP contribution in [0.2, 0.25) is 0 Å². The van der Waals surface area contributed by atoms with Crippen molar-refractivity contribution in [2.75, 3.05) is 0 Å². The second-order valence-corrected chi connectivity index (χ2v) is 10.8. The van der Waals surface area contributed by atoms with Gasteiger partial charge in [-0.15, -0.1) is 0 Å². The van der Waals surface area contributed by atoms with E-state index in [1.54, 1.807) is 0 Å². The number of rotatable bonds is 9. The van der Waals surface area contributed by atoms with Crippen molar-refractivity contribution < 1.29 is 19.4 Å². The number of aliphatic carboxylic acids is 1. The van der Waals surface area contributed by atoms with Crippen molar-refractivity contribution in [1.82, 2.24) is 9.88 Å². The summed E-state index contributed by atoms with van der Waals surface area (Å²) in [4.78, 5) is 24.3.